The average Bonchev–Trinajstić information content (AvgIpc) is 2.73. The van der Waals surface area contributed by atoms with E-state index in [-0.39, 0.29) is 0 Å². The number of hydrogen-bond donors (Lipinski definition) is 2. The lowest BCUT2D eigenvalue weighted by Crippen LogP contribution is -2.33. The van der Waals surface area contributed by atoms with Crippen LogP contribution in [-0.2, 0) is 0 Å². The minimum absolute atomic E-state index is 0.572. The van der Waals surface area contributed by atoms with E-state index in [1.807, 2.05) is 61.5 Å². The number of aryl methyl sites for hydroxylation is 1. The van der Waals surface area contributed by atoms with Gasteiger partial charge in [-0.05, 0) is 61.4 Å². The van der Waals surface area contributed by atoms with Crippen LogP contribution in [0.2, 0.25) is 0 Å². The molecule has 5 aromatic carbocycles. The van der Waals surface area contributed by atoms with E-state index in [4.69, 9.17) is 0 Å². The van der Waals surface area contributed by atoms with Crippen LogP contribution in [0.4, 0.5) is 0 Å². The van der Waals surface area contributed by atoms with Gasteiger partial charge in [-0.1, -0.05) is 84.9 Å². The Balaban J connectivity index is 2.10. The molecule has 2 N–H and O–H groups in total. The topological polar surface area (TPSA) is 40.5 Å². The molecule has 134 valence electrons. The molecular weight excluding hydrogens is 343 g/mol. The molecule has 0 fully saturated rings. The molecule has 0 saturated heterocycles. The third kappa shape index (κ3) is 2.44. The van der Waals surface area contributed by atoms with Crippen molar-refractivity contribution in [1.82, 2.24) is 0 Å². The van der Waals surface area contributed by atoms with Crippen LogP contribution in [0.15, 0.2) is 84.9 Å². The van der Waals surface area contributed by atoms with Crippen molar-refractivity contribution in [3.8, 4) is 11.1 Å². The van der Waals surface area contributed by atoms with Gasteiger partial charge < -0.3 is 10.0 Å². The lowest BCUT2D eigenvalue weighted by atomic mass is 9.70. The Morgan fingerprint density at radius 3 is 1.71 bits per heavy atom. The van der Waals surface area contributed by atoms with Gasteiger partial charge in [-0.3, -0.25) is 0 Å². The molecule has 0 heterocycles. The van der Waals surface area contributed by atoms with E-state index in [1.54, 1.807) is 0 Å². The van der Waals surface area contributed by atoms with Crippen molar-refractivity contribution < 1.29 is 10.0 Å². The summed E-state index contributed by atoms with van der Waals surface area (Å²) in [6.45, 7) is 2.04. The summed E-state index contributed by atoms with van der Waals surface area (Å²) in [5, 5.41) is 27.4. The Bertz CT molecular complexity index is 1340. The number of hydrogen-bond acceptors (Lipinski definition) is 2. The van der Waals surface area contributed by atoms with Gasteiger partial charge in [-0.15, -0.1) is 0 Å². The van der Waals surface area contributed by atoms with Crippen molar-refractivity contribution in [1.29, 1.82) is 0 Å². The smallest absolute Gasteiger partial charge is 0.423 e. The molecule has 0 aliphatic heterocycles. The van der Waals surface area contributed by atoms with E-state index in [0.29, 0.717) is 5.46 Å². The van der Waals surface area contributed by atoms with Gasteiger partial charge in [0.1, 0.15) is 0 Å². The monoisotopic (exact) mass is 362 g/mol. The van der Waals surface area contributed by atoms with Gasteiger partial charge in [0.05, 0.1) is 0 Å². The zero-order valence-corrected chi connectivity index (χ0v) is 15.6. The summed E-state index contributed by atoms with van der Waals surface area (Å²) in [5.41, 5.74) is 3.48. The van der Waals surface area contributed by atoms with Gasteiger partial charge in [-0.25, -0.2) is 0 Å². The zero-order valence-electron chi connectivity index (χ0n) is 15.6. The summed E-state index contributed by atoms with van der Waals surface area (Å²) in [6, 6.07) is 28.7. The highest BCUT2D eigenvalue weighted by atomic mass is 16.4. The van der Waals surface area contributed by atoms with Gasteiger partial charge >= 0.3 is 7.12 Å². The predicted octanol–water partition coefficient (Wildman–Crippen LogP) is 4.80. The quantitative estimate of drug-likeness (QED) is 0.350. The van der Waals surface area contributed by atoms with Gasteiger partial charge in [-0.2, -0.15) is 0 Å². The fraction of sp³-hybridized carbons (Fsp3) is 0.0400. The lowest BCUT2D eigenvalue weighted by Gasteiger charge is -2.20. The van der Waals surface area contributed by atoms with E-state index in [0.717, 1.165) is 43.6 Å². The van der Waals surface area contributed by atoms with Crippen molar-refractivity contribution in [3.05, 3.63) is 90.5 Å². The number of benzene rings is 5. The Morgan fingerprint density at radius 1 is 0.607 bits per heavy atom. The first kappa shape index (κ1) is 17.0. The first-order chi connectivity index (χ1) is 13.7. The number of rotatable bonds is 2. The maximum atomic E-state index is 10.5. The van der Waals surface area contributed by atoms with Crippen molar-refractivity contribution in [2.45, 2.75) is 6.92 Å². The van der Waals surface area contributed by atoms with Crippen molar-refractivity contribution in [3.63, 3.8) is 0 Å². The van der Waals surface area contributed by atoms with Crippen LogP contribution < -0.4 is 5.46 Å². The molecule has 2 nitrogen and oxygen atoms in total. The molecule has 28 heavy (non-hydrogen) atoms. The molecule has 0 atom stereocenters. The normalized spacial score (nSPS) is 11.4. The van der Waals surface area contributed by atoms with Crippen LogP contribution in [-0.4, -0.2) is 17.2 Å². The van der Waals surface area contributed by atoms with Crippen LogP contribution in [0, 0.1) is 6.92 Å². The highest BCUT2D eigenvalue weighted by Gasteiger charge is 2.25. The molecule has 0 amide bonds. The summed E-state index contributed by atoms with van der Waals surface area (Å²) in [5.74, 6) is 0. The third-order valence-electron chi connectivity index (χ3n) is 5.59. The molecule has 0 aliphatic rings. The molecule has 0 aliphatic carbocycles. The Hall–Kier alpha value is -3.14. The molecule has 3 heteroatoms. The van der Waals surface area contributed by atoms with E-state index >= 15 is 0 Å². The number of fused-ring (bicyclic) bond motifs is 6. The molecule has 0 bridgehead atoms. The Labute approximate surface area is 163 Å². The Morgan fingerprint density at radius 2 is 1.11 bits per heavy atom. The second kappa shape index (κ2) is 6.48. The second-order valence-corrected chi connectivity index (χ2v) is 7.24. The third-order valence-corrected chi connectivity index (χ3v) is 5.59. The summed E-state index contributed by atoms with van der Waals surface area (Å²) in [4.78, 5) is 0. The summed E-state index contributed by atoms with van der Waals surface area (Å²) < 4.78 is 0. The second-order valence-electron chi connectivity index (χ2n) is 7.24. The maximum Gasteiger partial charge on any atom is 0.489 e. The predicted molar refractivity (Wildman–Crippen MR) is 119 cm³/mol. The van der Waals surface area contributed by atoms with Crippen molar-refractivity contribution >= 4 is 44.9 Å². The molecule has 0 radical (unpaired) electrons. The summed E-state index contributed by atoms with van der Waals surface area (Å²) in [6.07, 6.45) is 0. The zero-order chi connectivity index (χ0) is 19.3. The Kier molecular flexibility index (Phi) is 3.94. The summed E-state index contributed by atoms with van der Waals surface area (Å²) in [7, 11) is -1.57. The van der Waals surface area contributed by atoms with Gasteiger partial charge in [0.25, 0.3) is 0 Å². The average molecular weight is 362 g/mol. The van der Waals surface area contributed by atoms with E-state index in [2.05, 4.69) is 30.3 Å². The van der Waals surface area contributed by atoms with Crippen LogP contribution >= 0.6 is 0 Å². The molecule has 5 rings (SSSR count). The van der Waals surface area contributed by atoms with Crippen molar-refractivity contribution in [2.24, 2.45) is 0 Å². The van der Waals surface area contributed by atoms with Crippen molar-refractivity contribution in [2.75, 3.05) is 0 Å². The molecule has 0 saturated carbocycles. The SMILES string of the molecule is Cc1cc2c3ccccc3c3ccccc3c2c(B(O)O)c1-c1ccccc1. The van der Waals surface area contributed by atoms with Gasteiger partial charge in [0.2, 0.25) is 0 Å². The highest BCUT2D eigenvalue weighted by Crippen LogP contribution is 2.37. The standard InChI is InChI=1S/C25H19BO2/c1-16-15-22-20-13-6-5-11-18(20)19-12-7-8-14-21(19)24(22)25(26(27)28)23(16)17-9-3-2-4-10-17/h2-15,27-28H,1H3. The minimum atomic E-state index is -1.57. The first-order valence-corrected chi connectivity index (χ1v) is 9.45. The molecule has 5 aromatic rings. The molecular formula is C25H19BO2. The van der Waals surface area contributed by atoms with Crippen LogP contribution in [0.1, 0.15) is 5.56 Å². The summed E-state index contributed by atoms with van der Waals surface area (Å²) >= 11 is 0. The first-order valence-electron chi connectivity index (χ1n) is 9.45. The van der Waals surface area contributed by atoms with E-state index in [1.165, 1.54) is 5.39 Å². The molecule has 0 unspecified atom stereocenters. The minimum Gasteiger partial charge on any atom is -0.423 e. The molecule has 0 aromatic heterocycles. The molecule has 0 spiro atoms. The van der Waals surface area contributed by atoms with Gasteiger partial charge in [0.15, 0.2) is 0 Å². The maximum absolute atomic E-state index is 10.5. The van der Waals surface area contributed by atoms with Crippen LogP contribution in [0.5, 0.6) is 0 Å². The van der Waals surface area contributed by atoms with Crippen LogP contribution in [0.25, 0.3) is 43.4 Å². The van der Waals surface area contributed by atoms with E-state index < -0.39 is 7.12 Å². The van der Waals surface area contributed by atoms with Gasteiger partial charge in [0, 0.05) is 0 Å². The fourth-order valence-electron chi connectivity index (χ4n) is 4.48. The van der Waals surface area contributed by atoms with Crippen LogP contribution in [0.3, 0.4) is 0 Å². The largest absolute Gasteiger partial charge is 0.489 e. The fourth-order valence-corrected chi connectivity index (χ4v) is 4.48. The highest BCUT2D eigenvalue weighted by molar-refractivity contribution is 6.65. The lowest BCUT2D eigenvalue weighted by molar-refractivity contribution is 0.426. The van der Waals surface area contributed by atoms with E-state index in [9.17, 15) is 10.0 Å².